The summed E-state index contributed by atoms with van der Waals surface area (Å²) < 4.78 is 33.1. The molecule has 9 heteroatoms. The molecule has 0 aliphatic heterocycles. The van der Waals surface area contributed by atoms with Gasteiger partial charge in [-0.1, -0.05) is 13.8 Å². The molecule has 0 spiro atoms. The minimum Gasteiger partial charge on any atom is -0.494 e. The third-order valence-corrected chi connectivity index (χ3v) is 5.01. The molecule has 1 aromatic carbocycles. The van der Waals surface area contributed by atoms with Gasteiger partial charge in [0.2, 0.25) is 15.9 Å². The van der Waals surface area contributed by atoms with Crippen molar-refractivity contribution in [1.82, 2.24) is 14.9 Å². The standard InChI is InChI=1S/C17H24N4O4S/c1-4-25-13-5-7-14(8-6-13)26(23,24)21-15(11-12(2)3)17(22)19-16-9-10-18-20-16/h5-10,12,15,21H,4,11H2,1-3H3,(H2,18,19,20,22). The van der Waals surface area contributed by atoms with Gasteiger partial charge in [0.05, 0.1) is 17.7 Å². The molecule has 142 valence electrons. The summed E-state index contributed by atoms with van der Waals surface area (Å²) in [6.45, 7) is 6.18. The number of aromatic nitrogens is 2. The van der Waals surface area contributed by atoms with Gasteiger partial charge in [-0.15, -0.1) is 0 Å². The van der Waals surface area contributed by atoms with Crippen LogP contribution in [0.5, 0.6) is 5.75 Å². The summed E-state index contributed by atoms with van der Waals surface area (Å²) in [6.07, 6.45) is 1.85. The maximum atomic E-state index is 12.6. The predicted molar refractivity (Wildman–Crippen MR) is 98.4 cm³/mol. The largest absolute Gasteiger partial charge is 0.494 e. The van der Waals surface area contributed by atoms with E-state index in [1.807, 2.05) is 20.8 Å². The molecule has 2 rings (SSSR count). The lowest BCUT2D eigenvalue weighted by Gasteiger charge is -2.20. The van der Waals surface area contributed by atoms with E-state index in [4.69, 9.17) is 4.74 Å². The number of anilines is 1. The Labute approximate surface area is 153 Å². The number of sulfonamides is 1. The van der Waals surface area contributed by atoms with E-state index >= 15 is 0 Å². The first-order valence-corrected chi connectivity index (χ1v) is 9.85. The first-order chi connectivity index (χ1) is 12.3. The second-order valence-corrected chi connectivity index (χ2v) is 7.88. The number of benzene rings is 1. The number of ether oxygens (including phenoxy) is 1. The van der Waals surface area contributed by atoms with Gasteiger partial charge >= 0.3 is 0 Å². The van der Waals surface area contributed by atoms with Crippen LogP contribution in [0.25, 0.3) is 0 Å². The lowest BCUT2D eigenvalue weighted by atomic mass is 10.0. The van der Waals surface area contributed by atoms with Gasteiger partial charge < -0.3 is 10.1 Å². The zero-order valence-corrected chi connectivity index (χ0v) is 15.8. The van der Waals surface area contributed by atoms with Gasteiger partial charge in [0.1, 0.15) is 17.6 Å². The van der Waals surface area contributed by atoms with Crippen molar-refractivity contribution in [3.63, 3.8) is 0 Å². The van der Waals surface area contributed by atoms with Crippen LogP contribution in [0.2, 0.25) is 0 Å². The van der Waals surface area contributed by atoms with Crippen LogP contribution < -0.4 is 14.8 Å². The Morgan fingerprint density at radius 3 is 2.46 bits per heavy atom. The van der Waals surface area contributed by atoms with Crippen molar-refractivity contribution in [3.8, 4) is 5.75 Å². The van der Waals surface area contributed by atoms with E-state index in [0.29, 0.717) is 24.6 Å². The molecule has 1 amide bonds. The number of nitrogens with zero attached hydrogens (tertiary/aromatic N) is 1. The van der Waals surface area contributed by atoms with Gasteiger partial charge in [0.25, 0.3) is 0 Å². The summed E-state index contributed by atoms with van der Waals surface area (Å²) in [5, 5.41) is 8.99. The van der Waals surface area contributed by atoms with E-state index in [9.17, 15) is 13.2 Å². The van der Waals surface area contributed by atoms with E-state index < -0.39 is 22.0 Å². The van der Waals surface area contributed by atoms with Gasteiger partial charge in [-0.05, 0) is 43.5 Å². The summed E-state index contributed by atoms with van der Waals surface area (Å²) in [5.74, 6) is 0.666. The lowest BCUT2D eigenvalue weighted by Crippen LogP contribution is -2.44. The molecule has 2 aromatic rings. The molecule has 1 heterocycles. The van der Waals surface area contributed by atoms with Gasteiger partial charge in [0, 0.05) is 6.07 Å². The van der Waals surface area contributed by atoms with Crippen molar-refractivity contribution in [3.05, 3.63) is 36.5 Å². The molecular formula is C17H24N4O4S. The molecule has 0 radical (unpaired) electrons. The van der Waals surface area contributed by atoms with Crippen molar-refractivity contribution in [2.75, 3.05) is 11.9 Å². The van der Waals surface area contributed by atoms with Crippen molar-refractivity contribution >= 4 is 21.7 Å². The minimum atomic E-state index is -3.85. The maximum Gasteiger partial charge on any atom is 0.243 e. The normalized spacial score (nSPS) is 12.8. The summed E-state index contributed by atoms with van der Waals surface area (Å²) in [7, 11) is -3.85. The number of amides is 1. The molecule has 0 saturated carbocycles. The van der Waals surface area contributed by atoms with Crippen molar-refractivity contribution in [2.24, 2.45) is 5.92 Å². The van der Waals surface area contributed by atoms with Gasteiger partial charge in [0.15, 0.2) is 0 Å². The smallest absolute Gasteiger partial charge is 0.243 e. The van der Waals surface area contributed by atoms with Crippen LogP contribution in [-0.2, 0) is 14.8 Å². The Kier molecular flexibility index (Phi) is 6.76. The number of hydrogen-bond donors (Lipinski definition) is 3. The van der Waals surface area contributed by atoms with Gasteiger partial charge in [-0.25, -0.2) is 8.42 Å². The highest BCUT2D eigenvalue weighted by molar-refractivity contribution is 7.89. The van der Waals surface area contributed by atoms with Crippen LogP contribution in [0.4, 0.5) is 5.82 Å². The third-order valence-electron chi connectivity index (χ3n) is 3.52. The topological polar surface area (TPSA) is 113 Å². The van der Waals surface area contributed by atoms with Gasteiger partial charge in [-0.3, -0.25) is 9.89 Å². The molecule has 1 atom stereocenters. The summed E-state index contributed by atoms with van der Waals surface area (Å²) in [5.41, 5.74) is 0. The van der Waals surface area contributed by atoms with Crippen LogP contribution in [0.1, 0.15) is 27.2 Å². The lowest BCUT2D eigenvalue weighted by molar-refractivity contribution is -0.118. The molecule has 0 saturated heterocycles. The molecule has 0 aliphatic rings. The van der Waals surface area contributed by atoms with E-state index in [1.165, 1.54) is 18.3 Å². The number of carbonyl (C=O) groups is 1. The Morgan fingerprint density at radius 1 is 1.23 bits per heavy atom. The van der Waals surface area contributed by atoms with Crippen LogP contribution >= 0.6 is 0 Å². The SMILES string of the molecule is CCOc1ccc(S(=O)(=O)NC(CC(C)C)C(=O)Nc2ccn[nH]2)cc1. The van der Waals surface area contributed by atoms with Crippen LogP contribution in [-0.4, -0.2) is 37.2 Å². The van der Waals surface area contributed by atoms with Crippen LogP contribution in [0, 0.1) is 5.92 Å². The van der Waals surface area contributed by atoms with Crippen LogP contribution in [0.15, 0.2) is 41.4 Å². The molecule has 26 heavy (non-hydrogen) atoms. The molecule has 0 fully saturated rings. The predicted octanol–water partition coefficient (Wildman–Crippen LogP) is 2.14. The highest BCUT2D eigenvalue weighted by Gasteiger charge is 2.27. The van der Waals surface area contributed by atoms with E-state index in [1.54, 1.807) is 18.2 Å². The first-order valence-electron chi connectivity index (χ1n) is 8.37. The molecule has 3 N–H and O–H groups in total. The van der Waals surface area contributed by atoms with Crippen molar-refractivity contribution in [2.45, 2.75) is 38.1 Å². The number of aromatic amines is 1. The minimum absolute atomic E-state index is 0.0732. The van der Waals surface area contributed by atoms with E-state index in [0.717, 1.165) is 0 Å². The fourth-order valence-corrected chi connectivity index (χ4v) is 3.57. The first kappa shape index (κ1) is 19.9. The number of hydrogen-bond acceptors (Lipinski definition) is 5. The Hall–Kier alpha value is -2.39. The maximum absolute atomic E-state index is 12.6. The Morgan fingerprint density at radius 2 is 1.92 bits per heavy atom. The van der Waals surface area contributed by atoms with E-state index in [-0.39, 0.29) is 10.8 Å². The average Bonchev–Trinajstić information content (AvgIpc) is 3.07. The monoisotopic (exact) mass is 380 g/mol. The quantitative estimate of drug-likeness (QED) is 0.617. The molecule has 0 aliphatic carbocycles. The Balaban J connectivity index is 2.15. The molecule has 1 aromatic heterocycles. The molecular weight excluding hydrogens is 356 g/mol. The highest BCUT2D eigenvalue weighted by atomic mass is 32.2. The fourth-order valence-electron chi connectivity index (χ4n) is 2.36. The third kappa shape index (κ3) is 5.57. The number of nitrogens with one attached hydrogen (secondary N) is 3. The van der Waals surface area contributed by atoms with Crippen molar-refractivity contribution in [1.29, 1.82) is 0 Å². The van der Waals surface area contributed by atoms with Gasteiger partial charge in [-0.2, -0.15) is 9.82 Å². The summed E-state index contributed by atoms with van der Waals surface area (Å²) >= 11 is 0. The molecule has 1 unspecified atom stereocenters. The average molecular weight is 380 g/mol. The number of carbonyl (C=O) groups excluding carboxylic acids is 1. The Bertz CT molecular complexity index is 802. The second-order valence-electron chi connectivity index (χ2n) is 6.17. The van der Waals surface area contributed by atoms with Crippen molar-refractivity contribution < 1.29 is 17.9 Å². The summed E-state index contributed by atoms with van der Waals surface area (Å²) in [6, 6.07) is 6.75. The second kappa shape index (κ2) is 8.81. The number of rotatable bonds is 9. The van der Waals surface area contributed by atoms with Crippen LogP contribution in [0.3, 0.4) is 0 Å². The summed E-state index contributed by atoms with van der Waals surface area (Å²) in [4.78, 5) is 12.6. The fraction of sp³-hybridized carbons (Fsp3) is 0.412. The molecule has 8 nitrogen and oxygen atoms in total. The molecule has 0 bridgehead atoms. The number of H-pyrrole nitrogens is 1. The zero-order chi connectivity index (χ0) is 19.2. The zero-order valence-electron chi connectivity index (χ0n) is 15.0. The highest BCUT2D eigenvalue weighted by Crippen LogP contribution is 2.17. The van der Waals surface area contributed by atoms with E-state index in [2.05, 4.69) is 20.2 Å².